The van der Waals surface area contributed by atoms with Crippen LogP contribution in [0.4, 0.5) is 0 Å². The van der Waals surface area contributed by atoms with Crippen LogP contribution < -0.4 is 0 Å². The molecule has 0 bridgehead atoms. The third-order valence-corrected chi connectivity index (χ3v) is 6.47. The molecule has 5 aromatic heterocycles. The monoisotopic (exact) mass is 572 g/mol. The van der Waals surface area contributed by atoms with Crippen LogP contribution in [0.1, 0.15) is 101 Å². The third-order valence-electron chi connectivity index (χ3n) is 5.70. The number of hydrogen-bond acceptors (Lipinski definition) is 9. The summed E-state index contributed by atoms with van der Waals surface area (Å²) in [5.74, 6) is 2.00. The van der Waals surface area contributed by atoms with Crippen LogP contribution in [-0.2, 0) is 13.1 Å². The van der Waals surface area contributed by atoms with Gasteiger partial charge in [-0.15, -0.1) is 11.3 Å². The first-order valence-electron chi connectivity index (χ1n) is 14.0. The summed E-state index contributed by atoms with van der Waals surface area (Å²) in [6.07, 6.45) is 5.29. The lowest BCUT2D eigenvalue weighted by molar-refractivity contribution is 0.793. The minimum absolute atomic E-state index is 0.247. The molecule has 5 heterocycles. The Morgan fingerprint density at radius 1 is 0.829 bits per heavy atom. The van der Waals surface area contributed by atoms with E-state index in [9.17, 15) is 5.26 Å². The number of thiazole rings is 1. The van der Waals surface area contributed by atoms with Gasteiger partial charge in [0.15, 0.2) is 5.65 Å². The summed E-state index contributed by atoms with van der Waals surface area (Å²) in [7, 11) is 0. The Labute approximate surface area is 246 Å². The summed E-state index contributed by atoms with van der Waals surface area (Å²) in [6, 6.07) is 4.36. The fourth-order valence-electron chi connectivity index (χ4n) is 4.10. The van der Waals surface area contributed by atoms with E-state index in [1.165, 1.54) is 0 Å². The number of aromatic nitrogens is 8. The maximum absolute atomic E-state index is 9.42. The molecule has 0 N–H and O–H groups in total. The molecule has 0 radical (unpaired) electrons. The predicted octanol–water partition coefficient (Wildman–Crippen LogP) is 7.07. The zero-order valence-electron chi connectivity index (χ0n) is 25.8. The molecule has 5 rings (SSSR count). The number of imidazole rings is 1. The molecular formula is C30H40N10S. The maximum atomic E-state index is 9.42. The van der Waals surface area contributed by atoms with Gasteiger partial charge in [-0.25, -0.2) is 29.9 Å². The van der Waals surface area contributed by atoms with E-state index < -0.39 is 0 Å². The van der Waals surface area contributed by atoms with Crippen LogP contribution in [0.3, 0.4) is 0 Å². The summed E-state index contributed by atoms with van der Waals surface area (Å²) in [5.41, 5.74) is 4.88. The molecule has 5 aromatic rings. The molecule has 0 spiro atoms. The van der Waals surface area contributed by atoms with E-state index in [1.807, 2.05) is 57.7 Å². The Morgan fingerprint density at radius 3 is 1.98 bits per heavy atom. The van der Waals surface area contributed by atoms with Gasteiger partial charge in [0.2, 0.25) is 0 Å². The molecular weight excluding hydrogens is 532 g/mol. The van der Waals surface area contributed by atoms with Gasteiger partial charge in [0.05, 0.1) is 41.3 Å². The summed E-state index contributed by atoms with van der Waals surface area (Å²) >= 11 is 1.60. The molecule has 41 heavy (non-hydrogen) atoms. The van der Waals surface area contributed by atoms with Crippen LogP contribution in [0.25, 0.3) is 22.2 Å². The highest BCUT2D eigenvalue weighted by atomic mass is 32.1. The van der Waals surface area contributed by atoms with Gasteiger partial charge < -0.3 is 9.13 Å². The van der Waals surface area contributed by atoms with Crippen molar-refractivity contribution >= 4 is 33.5 Å². The highest BCUT2D eigenvalue weighted by molar-refractivity contribution is 7.09. The van der Waals surface area contributed by atoms with E-state index in [0.717, 1.165) is 50.2 Å². The van der Waals surface area contributed by atoms with Crippen molar-refractivity contribution in [3.05, 3.63) is 57.7 Å². The van der Waals surface area contributed by atoms with Gasteiger partial charge in [-0.3, -0.25) is 0 Å². The Hall–Kier alpha value is -4.22. The summed E-state index contributed by atoms with van der Waals surface area (Å²) < 4.78 is 3.74. The van der Waals surface area contributed by atoms with Crippen molar-refractivity contribution in [2.24, 2.45) is 0 Å². The quantitative estimate of drug-likeness (QED) is 0.218. The van der Waals surface area contributed by atoms with Crippen molar-refractivity contribution in [1.29, 1.82) is 10.5 Å². The Balaban J connectivity index is 0.000000263. The average Bonchev–Trinajstić information content (AvgIpc) is 3.71. The Bertz CT molecular complexity index is 1630. The molecule has 10 nitrogen and oxygen atoms in total. The van der Waals surface area contributed by atoms with Gasteiger partial charge in [0.25, 0.3) is 0 Å². The lowest BCUT2D eigenvalue weighted by Gasteiger charge is -2.09. The fraction of sp³-hybridized carbons (Fsp3) is 0.467. The molecule has 0 saturated heterocycles. The minimum atomic E-state index is 0.247. The van der Waals surface area contributed by atoms with Crippen LogP contribution in [0.15, 0.2) is 24.1 Å². The molecule has 0 fully saturated rings. The smallest absolute Gasteiger partial charge is 0.164 e. The van der Waals surface area contributed by atoms with Crippen molar-refractivity contribution in [3.63, 3.8) is 0 Å². The molecule has 0 atom stereocenters. The molecule has 0 unspecified atom stereocenters. The van der Waals surface area contributed by atoms with E-state index in [0.29, 0.717) is 18.0 Å². The van der Waals surface area contributed by atoms with Crippen LogP contribution in [0.5, 0.6) is 0 Å². The van der Waals surface area contributed by atoms with Gasteiger partial charge >= 0.3 is 0 Å². The number of nitriles is 2. The molecule has 0 aliphatic carbocycles. The van der Waals surface area contributed by atoms with Gasteiger partial charge in [-0.1, -0.05) is 55.4 Å². The molecule has 0 saturated carbocycles. The van der Waals surface area contributed by atoms with E-state index in [4.69, 9.17) is 5.26 Å². The van der Waals surface area contributed by atoms with Crippen molar-refractivity contribution in [2.75, 3.05) is 0 Å². The minimum Gasteiger partial charge on any atom is -0.324 e. The van der Waals surface area contributed by atoms with Crippen molar-refractivity contribution in [2.45, 2.75) is 94.2 Å². The standard InChI is InChI=1S/C15H15N5S.C11H13N5.2C2H6/c1-9(2)14-13-11(6-16)7-20(8-12-17-4-5-21-12)15(13)19-10(3)18-14;1-7(2)9-10-11(15-8(3)14-9)16(5-4-12)6-13-10;2*1-2/h4-5,7,9H,8H2,1-3H3;6-7H,5H2,1-3H3;2*1-2H3. The fourth-order valence-corrected chi connectivity index (χ4v) is 4.71. The summed E-state index contributed by atoms with van der Waals surface area (Å²) in [4.78, 5) is 26.4. The maximum Gasteiger partial charge on any atom is 0.164 e. The normalized spacial score (nSPS) is 10.3. The molecule has 0 aliphatic heterocycles. The van der Waals surface area contributed by atoms with Crippen LogP contribution in [0.2, 0.25) is 0 Å². The van der Waals surface area contributed by atoms with Crippen LogP contribution in [-0.4, -0.2) is 39.0 Å². The SMILES string of the molecule is CC.CC.Cc1nc(C(C)C)c2c(C#N)cn(Cc3nccs3)c2n1.Cc1nc(C(C)C)c2ncn(CC#N)c2n1. The molecule has 11 heteroatoms. The number of fused-ring (bicyclic) bond motifs is 2. The van der Waals surface area contributed by atoms with E-state index in [1.54, 1.807) is 28.4 Å². The second kappa shape index (κ2) is 15.5. The van der Waals surface area contributed by atoms with Gasteiger partial charge in [-0.05, 0) is 25.7 Å². The van der Waals surface area contributed by atoms with Crippen molar-refractivity contribution in [3.8, 4) is 12.1 Å². The highest BCUT2D eigenvalue weighted by Crippen LogP contribution is 2.28. The first kappa shape index (κ1) is 33.0. The van der Waals surface area contributed by atoms with Gasteiger partial charge in [0.1, 0.15) is 40.4 Å². The predicted molar refractivity (Wildman–Crippen MR) is 165 cm³/mol. The van der Waals surface area contributed by atoms with Crippen molar-refractivity contribution in [1.82, 2.24) is 39.0 Å². The Kier molecular flexibility index (Phi) is 12.5. The second-order valence-corrected chi connectivity index (χ2v) is 10.2. The number of nitrogens with zero attached hydrogens (tertiary/aromatic N) is 10. The average molecular weight is 573 g/mol. The van der Waals surface area contributed by atoms with Gasteiger partial charge in [-0.2, -0.15) is 10.5 Å². The largest absolute Gasteiger partial charge is 0.324 e. The van der Waals surface area contributed by atoms with E-state index in [-0.39, 0.29) is 12.5 Å². The second-order valence-electron chi connectivity index (χ2n) is 9.23. The molecule has 0 aromatic carbocycles. The molecule has 0 amide bonds. The lowest BCUT2D eigenvalue weighted by atomic mass is 10.0. The molecule has 216 valence electrons. The third kappa shape index (κ3) is 7.71. The molecule has 0 aliphatic rings. The zero-order chi connectivity index (χ0) is 30.7. The van der Waals surface area contributed by atoms with Crippen molar-refractivity contribution < 1.29 is 0 Å². The summed E-state index contributed by atoms with van der Waals surface area (Å²) in [6.45, 7) is 21.0. The Morgan fingerprint density at radius 2 is 1.44 bits per heavy atom. The highest BCUT2D eigenvalue weighted by Gasteiger charge is 2.18. The number of rotatable bonds is 5. The first-order chi connectivity index (χ1) is 19.7. The summed E-state index contributed by atoms with van der Waals surface area (Å²) in [5, 5.41) is 21.9. The van der Waals surface area contributed by atoms with E-state index >= 15 is 0 Å². The topological polar surface area (TPSA) is 135 Å². The zero-order valence-corrected chi connectivity index (χ0v) is 26.6. The number of aryl methyl sites for hydroxylation is 2. The van der Waals surface area contributed by atoms with Gasteiger partial charge in [0, 0.05) is 17.8 Å². The van der Waals surface area contributed by atoms with E-state index in [2.05, 4.69) is 69.7 Å². The number of hydrogen-bond donors (Lipinski definition) is 0. The van der Waals surface area contributed by atoms with Crippen LogP contribution >= 0.6 is 11.3 Å². The first-order valence-corrected chi connectivity index (χ1v) is 14.8. The lowest BCUT2D eigenvalue weighted by Crippen LogP contribution is -2.03. The van der Waals surface area contributed by atoms with Crippen LogP contribution in [0, 0.1) is 36.5 Å².